The summed E-state index contributed by atoms with van der Waals surface area (Å²) < 4.78 is 42.7. The average Bonchev–Trinajstić information content (AvgIpc) is 3.10. The van der Waals surface area contributed by atoms with Gasteiger partial charge in [-0.25, -0.2) is 18.2 Å². The molecule has 1 aromatic heterocycles. The van der Waals surface area contributed by atoms with Crippen molar-refractivity contribution in [1.29, 1.82) is 0 Å². The fraction of sp³-hybridized carbons (Fsp3) is 0.417. The fourth-order valence-corrected chi connectivity index (χ4v) is 5.74. The summed E-state index contributed by atoms with van der Waals surface area (Å²) in [6.07, 6.45) is -0.474. The van der Waals surface area contributed by atoms with Crippen LogP contribution in [0.5, 0.6) is 0 Å². The van der Waals surface area contributed by atoms with Crippen LogP contribution in [0.4, 0.5) is 13.2 Å². The molecule has 5 rings (SSSR count). The standard InChI is InChI=1S/C24H23ClF3N3O/c1-2-18(30-24(32)12-3-5-13(25)6-4-12)21-16-10-15(11-17(16)21)31-20-9-14(26)7-8-19(20)29-23(31)22(27)28/h3-9,15-18,21-22H,2,10-11H2,1H3,(H,30,32)/t15?,16-,17+,18-,21?/m1/s1. The summed E-state index contributed by atoms with van der Waals surface area (Å²) in [6.45, 7) is 2.04. The summed E-state index contributed by atoms with van der Waals surface area (Å²) in [5.41, 5.74) is 1.37. The van der Waals surface area contributed by atoms with E-state index >= 15 is 0 Å². The predicted octanol–water partition coefficient (Wildman–Crippen LogP) is 6.17. The number of carbonyl (C=O) groups is 1. The maximum absolute atomic E-state index is 13.8. The number of aromatic nitrogens is 2. The van der Waals surface area contributed by atoms with Gasteiger partial charge in [0.15, 0.2) is 5.82 Å². The van der Waals surface area contributed by atoms with Gasteiger partial charge in [0, 0.05) is 22.7 Å². The molecule has 8 heteroatoms. The first-order valence-electron chi connectivity index (χ1n) is 10.9. The molecule has 0 aliphatic heterocycles. The summed E-state index contributed by atoms with van der Waals surface area (Å²) in [7, 11) is 0. The van der Waals surface area contributed by atoms with Crippen LogP contribution in [0.15, 0.2) is 42.5 Å². The topological polar surface area (TPSA) is 46.9 Å². The number of nitrogens with zero attached hydrogens (tertiary/aromatic N) is 2. The van der Waals surface area contributed by atoms with E-state index in [0.717, 1.165) is 19.3 Å². The highest BCUT2D eigenvalue weighted by Crippen LogP contribution is 2.63. The Balaban J connectivity index is 1.31. The van der Waals surface area contributed by atoms with Crippen LogP contribution in [0.25, 0.3) is 11.0 Å². The van der Waals surface area contributed by atoms with Gasteiger partial charge in [-0.3, -0.25) is 4.79 Å². The lowest BCUT2D eigenvalue weighted by Crippen LogP contribution is -2.37. The molecule has 3 aromatic rings. The number of carbonyl (C=O) groups excluding carboxylic acids is 1. The van der Waals surface area contributed by atoms with E-state index in [1.54, 1.807) is 28.8 Å². The molecule has 0 radical (unpaired) electrons. The van der Waals surface area contributed by atoms with Crippen LogP contribution in [0.1, 0.15) is 54.8 Å². The van der Waals surface area contributed by atoms with Gasteiger partial charge in [0.2, 0.25) is 0 Å². The van der Waals surface area contributed by atoms with Crippen molar-refractivity contribution in [3.8, 4) is 0 Å². The van der Waals surface area contributed by atoms with Crippen LogP contribution in [0.2, 0.25) is 5.02 Å². The van der Waals surface area contributed by atoms with E-state index < -0.39 is 12.2 Å². The van der Waals surface area contributed by atoms with Crippen molar-refractivity contribution < 1.29 is 18.0 Å². The number of rotatable bonds is 6. The zero-order chi connectivity index (χ0) is 22.6. The quantitative estimate of drug-likeness (QED) is 0.477. The van der Waals surface area contributed by atoms with Crippen molar-refractivity contribution >= 4 is 28.5 Å². The molecule has 0 saturated heterocycles. The van der Waals surface area contributed by atoms with Crippen LogP contribution < -0.4 is 5.32 Å². The van der Waals surface area contributed by atoms with E-state index in [9.17, 15) is 18.0 Å². The molecule has 0 spiro atoms. The zero-order valence-corrected chi connectivity index (χ0v) is 18.2. The highest BCUT2D eigenvalue weighted by atomic mass is 35.5. The third-order valence-electron chi connectivity index (χ3n) is 7.05. The minimum Gasteiger partial charge on any atom is -0.349 e. The van der Waals surface area contributed by atoms with Crippen molar-refractivity contribution in [3.05, 3.63) is 64.7 Å². The number of imidazole rings is 1. The number of benzene rings is 2. The van der Waals surface area contributed by atoms with Gasteiger partial charge in [-0.1, -0.05) is 18.5 Å². The van der Waals surface area contributed by atoms with E-state index in [0.29, 0.717) is 39.4 Å². The minimum absolute atomic E-state index is 0.0284. The van der Waals surface area contributed by atoms with E-state index in [4.69, 9.17) is 11.6 Å². The third-order valence-corrected chi connectivity index (χ3v) is 7.30. The Kier molecular flexibility index (Phi) is 5.40. The molecule has 2 aliphatic carbocycles. The summed E-state index contributed by atoms with van der Waals surface area (Å²) in [4.78, 5) is 16.7. The van der Waals surface area contributed by atoms with Crippen molar-refractivity contribution in [2.75, 3.05) is 0 Å². The molecule has 2 aromatic carbocycles. The Morgan fingerprint density at radius 1 is 1.19 bits per heavy atom. The van der Waals surface area contributed by atoms with Gasteiger partial charge in [-0.2, -0.15) is 0 Å². The second kappa shape index (κ2) is 8.10. The van der Waals surface area contributed by atoms with Crippen molar-refractivity contribution in [1.82, 2.24) is 14.9 Å². The number of halogens is 4. The summed E-state index contributed by atoms with van der Waals surface area (Å²) in [6, 6.07) is 10.6. The first-order valence-corrected chi connectivity index (χ1v) is 11.3. The smallest absolute Gasteiger partial charge is 0.295 e. The summed E-state index contributed by atoms with van der Waals surface area (Å²) in [5.74, 6) is 0.145. The van der Waals surface area contributed by atoms with Crippen molar-refractivity contribution in [2.24, 2.45) is 17.8 Å². The monoisotopic (exact) mass is 461 g/mol. The lowest BCUT2D eigenvalue weighted by Gasteiger charge is -2.23. The molecule has 2 fully saturated rings. The van der Waals surface area contributed by atoms with Gasteiger partial charge < -0.3 is 9.88 Å². The van der Waals surface area contributed by atoms with Crippen LogP contribution >= 0.6 is 11.6 Å². The van der Waals surface area contributed by atoms with E-state index in [2.05, 4.69) is 10.3 Å². The SMILES string of the molecule is CC[C@@H](NC(=O)c1ccc(Cl)cc1)C1[C@H]2CC(n3c(C(F)F)nc4ccc(F)cc43)C[C@@H]12. The number of nitrogens with one attached hydrogen (secondary N) is 1. The number of amides is 1. The van der Waals surface area contributed by atoms with E-state index in [-0.39, 0.29) is 23.8 Å². The molecule has 0 bridgehead atoms. The Morgan fingerprint density at radius 3 is 2.50 bits per heavy atom. The van der Waals surface area contributed by atoms with Gasteiger partial charge in [-0.15, -0.1) is 0 Å². The van der Waals surface area contributed by atoms with Crippen molar-refractivity contribution in [3.63, 3.8) is 0 Å². The predicted molar refractivity (Wildman–Crippen MR) is 116 cm³/mol. The zero-order valence-electron chi connectivity index (χ0n) is 17.4. The van der Waals surface area contributed by atoms with E-state index in [1.165, 1.54) is 18.2 Å². The maximum Gasteiger partial charge on any atom is 0.295 e. The van der Waals surface area contributed by atoms with Crippen LogP contribution in [0.3, 0.4) is 0 Å². The minimum atomic E-state index is -2.72. The Bertz CT molecular complexity index is 1150. The maximum atomic E-state index is 13.8. The van der Waals surface area contributed by atoms with Crippen LogP contribution in [0, 0.1) is 23.6 Å². The van der Waals surface area contributed by atoms with Crippen molar-refractivity contribution in [2.45, 2.75) is 44.7 Å². The Labute approximate surface area is 188 Å². The highest BCUT2D eigenvalue weighted by molar-refractivity contribution is 6.30. The lowest BCUT2D eigenvalue weighted by molar-refractivity contribution is 0.0926. The van der Waals surface area contributed by atoms with E-state index in [1.807, 2.05) is 6.92 Å². The molecule has 1 heterocycles. The Hall–Kier alpha value is -2.54. The second-order valence-corrected chi connectivity index (χ2v) is 9.24. The number of fused-ring (bicyclic) bond motifs is 2. The van der Waals surface area contributed by atoms with Crippen LogP contribution in [-0.2, 0) is 0 Å². The average molecular weight is 462 g/mol. The molecule has 4 nitrogen and oxygen atoms in total. The van der Waals surface area contributed by atoms with Crippen LogP contribution in [-0.4, -0.2) is 21.5 Å². The van der Waals surface area contributed by atoms with Gasteiger partial charge in [0.1, 0.15) is 5.82 Å². The Morgan fingerprint density at radius 2 is 1.88 bits per heavy atom. The molecule has 1 amide bonds. The molecule has 2 aliphatic rings. The van der Waals surface area contributed by atoms with Gasteiger partial charge in [0.05, 0.1) is 11.0 Å². The first kappa shape index (κ1) is 21.3. The van der Waals surface area contributed by atoms with Gasteiger partial charge in [0.25, 0.3) is 12.3 Å². The van der Waals surface area contributed by atoms with Gasteiger partial charge >= 0.3 is 0 Å². The second-order valence-electron chi connectivity index (χ2n) is 8.80. The molecule has 5 atom stereocenters. The molecule has 2 saturated carbocycles. The molecule has 2 unspecified atom stereocenters. The molecular formula is C24H23ClF3N3O. The fourth-order valence-electron chi connectivity index (χ4n) is 5.62. The van der Waals surface area contributed by atoms with Gasteiger partial charge in [-0.05, 0) is 79.5 Å². The lowest BCUT2D eigenvalue weighted by atomic mass is 9.98. The number of hydrogen-bond donors (Lipinski definition) is 1. The largest absolute Gasteiger partial charge is 0.349 e. The summed E-state index contributed by atoms with van der Waals surface area (Å²) >= 11 is 5.90. The number of hydrogen-bond acceptors (Lipinski definition) is 2. The molecule has 1 N–H and O–H groups in total. The molecule has 32 heavy (non-hydrogen) atoms. The first-order chi connectivity index (χ1) is 15.4. The molecule has 168 valence electrons. The third kappa shape index (κ3) is 3.66. The normalized spacial score (nSPS) is 25.2. The number of alkyl halides is 2. The molecular weight excluding hydrogens is 439 g/mol. The highest BCUT2D eigenvalue weighted by Gasteiger charge is 2.59. The summed E-state index contributed by atoms with van der Waals surface area (Å²) in [5, 5.41) is 3.71.